The van der Waals surface area contributed by atoms with Gasteiger partial charge in [-0.3, -0.25) is 5.10 Å². The molecule has 0 radical (unpaired) electrons. The molecule has 0 saturated carbocycles. The summed E-state index contributed by atoms with van der Waals surface area (Å²) in [5, 5.41) is 8.32. The van der Waals surface area contributed by atoms with Crippen LogP contribution in [-0.2, 0) is 6.42 Å². The van der Waals surface area contributed by atoms with E-state index in [1.54, 1.807) is 0 Å². The number of nitrogens with zero attached hydrogens (tertiary/aromatic N) is 1. The summed E-state index contributed by atoms with van der Waals surface area (Å²) in [6.45, 7) is 4.26. The highest BCUT2D eigenvalue weighted by Gasteiger charge is 2.02. The maximum Gasteiger partial charge on any atom is 0.0682 e. The number of nitrogens with one attached hydrogen (secondary N) is 1. The highest BCUT2D eigenvalue weighted by atomic mass is 15.1. The van der Waals surface area contributed by atoms with Gasteiger partial charge in [-0.05, 0) is 24.5 Å². The molecule has 0 aliphatic rings. The van der Waals surface area contributed by atoms with E-state index in [1.807, 2.05) is 6.20 Å². The molecule has 0 atom stereocenters. The first kappa shape index (κ1) is 7.35. The van der Waals surface area contributed by atoms with E-state index in [9.17, 15) is 0 Å². The lowest BCUT2D eigenvalue weighted by atomic mass is 10.1. The highest BCUT2D eigenvalue weighted by Crippen LogP contribution is 2.19. The zero-order valence-electron chi connectivity index (χ0n) is 7.39. The standard InChI is InChI=1S/C10H12N2/c1-3-8-5-4-7(2)10-9(8)6-11-12-10/h4-6H,3H2,1-2H3,(H,11,12). The topological polar surface area (TPSA) is 28.7 Å². The summed E-state index contributed by atoms with van der Waals surface area (Å²) in [4.78, 5) is 0. The van der Waals surface area contributed by atoms with E-state index in [4.69, 9.17) is 0 Å². The lowest BCUT2D eigenvalue weighted by Crippen LogP contribution is -1.83. The molecule has 1 heterocycles. The fourth-order valence-electron chi connectivity index (χ4n) is 1.54. The number of aryl methyl sites for hydroxylation is 2. The van der Waals surface area contributed by atoms with Crippen molar-refractivity contribution in [3.8, 4) is 0 Å². The molecule has 0 fully saturated rings. The molecule has 62 valence electrons. The molecule has 0 spiro atoms. The molecular formula is C10H12N2. The van der Waals surface area contributed by atoms with Gasteiger partial charge in [-0.15, -0.1) is 0 Å². The molecule has 2 nitrogen and oxygen atoms in total. The van der Waals surface area contributed by atoms with E-state index in [0.717, 1.165) is 6.42 Å². The number of hydrogen-bond acceptors (Lipinski definition) is 1. The monoisotopic (exact) mass is 160 g/mol. The first-order valence-electron chi connectivity index (χ1n) is 4.24. The van der Waals surface area contributed by atoms with Crippen LogP contribution in [0.4, 0.5) is 0 Å². The van der Waals surface area contributed by atoms with Gasteiger partial charge in [0.1, 0.15) is 0 Å². The second kappa shape index (κ2) is 2.63. The highest BCUT2D eigenvalue weighted by molar-refractivity contribution is 5.84. The first-order valence-corrected chi connectivity index (χ1v) is 4.24. The Morgan fingerprint density at radius 2 is 2.25 bits per heavy atom. The van der Waals surface area contributed by atoms with E-state index in [0.29, 0.717) is 0 Å². The second-order valence-electron chi connectivity index (χ2n) is 3.05. The third-order valence-electron chi connectivity index (χ3n) is 2.30. The summed E-state index contributed by atoms with van der Waals surface area (Å²) in [6.07, 6.45) is 2.97. The molecule has 1 N–H and O–H groups in total. The zero-order chi connectivity index (χ0) is 8.55. The Kier molecular flexibility index (Phi) is 1.61. The zero-order valence-corrected chi connectivity index (χ0v) is 7.39. The number of hydrogen-bond donors (Lipinski definition) is 1. The molecular weight excluding hydrogens is 148 g/mol. The van der Waals surface area contributed by atoms with Gasteiger partial charge in [0.25, 0.3) is 0 Å². The van der Waals surface area contributed by atoms with Crippen molar-refractivity contribution in [1.29, 1.82) is 0 Å². The van der Waals surface area contributed by atoms with Crippen LogP contribution in [0.5, 0.6) is 0 Å². The average Bonchev–Trinajstić information content (AvgIpc) is 2.54. The third-order valence-corrected chi connectivity index (χ3v) is 2.30. The number of aromatic amines is 1. The summed E-state index contributed by atoms with van der Waals surface area (Å²) in [5.74, 6) is 0. The summed E-state index contributed by atoms with van der Waals surface area (Å²) in [5.41, 5.74) is 3.80. The molecule has 0 unspecified atom stereocenters. The Balaban J connectivity index is 2.82. The van der Waals surface area contributed by atoms with Crippen LogP contribution in [0.15, 0.2) is 18.3 Å². The quantitative estimate of drug-likeness (QED) is 0.682. The van der Waals surface area contributed by atoms with Gasteiger partial charge < -0.3 is 0 Å². The van der Waals surface area contributed by atoms with Crippen molar-refractivity contribution in [3.05, 3.63) is 29.5 Å². The van der Waals surface area contributed by atoms with E-state index >= 15 is 0 Å². The Labute approximate surface area is 71.6 Å². The van der Waals surface area contributed by atoms with Crippen LogP contribution in [0, 0.1) is 6.92 Å². The normalized spacial score (nSPS) is 10.8. The first-order chi connectivity index (χ1) is 5.83. The summed E-state index contributed by atoms with van der Waals surface area (Å²) < 4.78 is 0. The van der Waals surface area contributed by atoms with E-state index in [2.05, 4.69) is 36.2 Å². The molecule has 1 aromatic carbocycles. The molecule has 1 aromatic heterocycles. The van der Waals surface area contributed by atoms with Gasteiger partial charge in [0.2, 0.25) is 0 Å². The van der Waals surface area contributed by atoms with Crippen LogP contribution in [0.1, 0.15) is 18.1 Å². The van der Waals surface area contributed by atoms with E-state index in [-0.39, 0.29) is 0 Å². The molecule has 0 aliphatic heterocycles. The predicted octanol–water partition coefficient (Wildman–Crippen LogP) is 2.43. The lowest BCUT2D eigenvalue weighted by Gasteiger charge is -2.00. The largest absolute Gasteiger partial charge is 0.278 e. The number of H-pyrrole nitrogens is 1. The van der Waals surface area contributed by atoms with Crippen LogP contribution in [0.2, 0.25) is 0 Å². The Morgan fingerprint density at radius 1 is 1.42 bits per heavy atom. The van der Waals surface area contributed by atoms with Gasteiger partial charge in [-0.25, -0.2) is 0 Å². The Hall–Kier alpha value is -1.31. The number of rotatable bonds is 1. The van der Waals surface area contributed by atoms with Gasteiger partial charge in [-0.2, -0.15) is 5.10 Å². The SMILES string of the molecule is CCc1ccc(C)c2[nH]ncc12. The lowest BCUT2D eigenvalue weighted by molar-refractivity contribution is 1.11. The molecule has 2 aromatic rings. The number of benzene rings is 1. The number of fused-ring (bicyclic) bond motifs is 1. The van der Waals surface area contributed by atoms with Crippen molar-refractivity contribution in [3.63, 3.8) is 0 Å². The van der Waals surface area contributed by atoms with Crippen LogP contribution < -0.4 is 0 Å². The van der Waals surface area contributed by atoms with Gasteiger partial charge in [0.15, 0.2) is 0 Å². The average molecular weight is 160 g/mol. The molecule has 12 heavy (non-hydrogen) atoms. The van der Waals surface area contributed by atoms with Crippen molar-refractivity contribution in [1.82, 2.24) is 10.2 Å². The van der Waals surface area contributed by atoms with Crippen molar-refractivity contribution in [2.24, 2.45) is 0 Å². The summed E-state index contributed by atoms with van der Waals surface area (Å²) >= 11 is 0. The molecule has 0 amide bonds. The van der Waals surface area contributed by atoms with Crippen LogP contribution in [0.3, 0.4) is 0 Å². The fraction of sp³-hybridized carbons (Fsp3) is 0.300. The van der Waals surface area contributed by atoms with Gasteiger partial charge in [-0.1, -0.05) is 19.1 Å². The smallest absolute Gasteiger partial charge is 0.0682 e. The van der Waals surface area contributed by atoms with Crippen LogP contribution in [0.25, 0.3) is 10.9 Å². The fourth-order valence-corrected chi connectivity index (χ4v) is 1.54. The molecule has 2 heteroatoms. The van der Waals surface area contributed by atoms with Gasteiger partial charge in [0, 0.05) is 5.39 Å². The van der Waals surface area contributed by atoms with Crippen molar-refractivity contribution in [2.45, 2.75) is 20.3 Å². The molecule has 0 bridgehead atoms. The maximum absolute atomic E-state index is 4.05. The molecule has 2 rings (SSSR count). The third kappa shape index (κ3) is 0.916. The van der Waals surface area contributed by atoms with Gasteiger partial charge in [0.05, 0.1) is 11.7 Å². The Morgan fingerprint density at radius 3 is 3.00 bits per heavy atom. The molecule has 0 saturated heterocycles. The second-order valence-corrected chi connectivity index (χ2v) is 3.05. The molecule has 0 aliphatic carbocycles. The predicted molar refractivity (Wildman–Crippen MR) is 50.2 cm³/mol. The minimum Gasteiger partial charge on any atom is -0.278 e. The van der Waals surface area contributed by atoms with Crippen molar-refractivity contribution >= 4 is 10.9 Å². The van der Waals surface area contributed by atoms with Crippen LogP contribution in [-0.4, -0.2) is 10.2 Å². The van der Waals surface area contributed by atoms with Crippen LogP contribution >= 0.6 is 0 Å². The number of aromatic nitrogens is 2. The van der Waals surface area contributed by atoms with Crippen molar-refractivity contribution < 1.29 is 0 Å². The summed E-state index contributed by atoms with van der Waals surface area (Å²) in [6, 6.07) is 4.31. The van der Waals surface area contributed by atoms with Crippen molar-refractivity contribution in [2.75, 3.05) is 0 Å². The van der Waals surface area contributed by atoms with Gasteiger partial charge >= 0.3 is 0 Å². The Bertz CT molecular complexity index is 401. The minimum absolute atomic E-state index is 1.07. The minimum atomic E-state index is 1.07. The maximum atomic E-state index is 4.05. The summed E-state index contributed by atoms with van der Waals surface area (Å²) in [7, 11) is 0. The van der Waals surface area contributed by atoms with E-state index in [1.165, 1.54) is 22.0 Å². The van der Waals surface area contributed by atoms with E-state index < -0.39 is 0 Å².